The second-order valence-corrected chi connectivity index (χ2v) is 7.51. The maximum atomic E-state index is 12.8. The summed E-state index contributed by atoms with van der Waals surface area (Å²) in [5.74, 6) is 1.24. The molecule has 0 saturated carbocycles. The molecule has 0 unspecified atom stereocenters. The van der Waals surface area contributed by atoms with Gasteiger partial charge in [-0.05, 0) is 40.2 Å². The van der Waals surface area contributed by atoms with Crippen molar-refractivity contribution in [1.29, 1.82) is 0 Å². The molecule has 6 nitrogen and oxygen atoms in total. The Hall–Kier alpha value is -1.90. The Balaban J connectivity index is 1.70. The van der Waals surface area contributed by atoms with Gasteiger partial charge in [-0.15, -0.1) is 0 Å². The molecule has 1 aliphatic heterocycles. The summed E-state index contributed by atoms with van der Waals surface area (Å²) in [7, 11) is 0. The molecule has 0 spiro atoms. The molecule has 25 heavy (non-hydrogen) atoms. The second kappa shape index (κ2) is 6.44. The van der Waals surface area contributed by atoms with Crippen LogP contribution in [0.4, 0.5) is 13.2 Å². The number of rotatable bonds is 3. The molecule has 1 saturated heterocycles. The first-order chi connectivity index (χ1) is 11.6. The highest BCUT2D eigenvalue weighted by molar-refractivity contribution is 5.10. The van der Waals surface area contributed by atoms with Crippen molar-refractivity contribution in [3.8, 4) is 0 Å². The quantitative estimate of drug-likeness (QED) is 0.918. The fourth-order valence-electron chi connectivity index (χ4n) is 3.24. The van der Waals surface area contributed by atoms with Crippen LogP contribution in [0.3, 0.4) is 0 Å². The molecule has 0 radical (unpaired) electrons. The van der Waals surface area contributed by atoms with E-state index < -0.39 is 11.9 Å². The first-order valence-electron chi connectivity index (χ1n) is 8.38. The zero-order chi connectivity index (χ0) is 18.2. The summed E-state index contributed by atoms with van der Waals surface area (Å²) in [6.07, 6.45) is -0.221. The Morgan fingerprint density at radius 3 is 2.64 bits per heavy atom. The van der Waals surface area contributed by atoms with Gasteiger partial charge in [0.1, 0.15) is 23.7 Å². The zero-order valence-corrected chi connectivity index (χ0v) is 14.6. The van der Waals surface area contributed by atoms with E-state index in [1.54, 1.807) is 6.33 Å². The molecule has 9 heteroatoms. The van der Waals surface area contributed by atoms with Gasteiger partial charge in [-0.25, -0.2) is 14.6 Å². The number of H-pyrrole nitrogens is 1. The second-order valence-electron chi connectivity index (χ2n) is 7.51. The third kappa shape index (κ3) is 4.02. The van der Waals surface area contributed by atoms with Gasteiger partial charge in [-0.2, -0.15) is 18.3 Å². The van der Waals surface area contributed by atoms with E-state index in [2.05, 4.69) is 45.7 Å². The van der Waals surface area contributed by atoms with Gasteiger partial charge in [-0.1, -0.05) is 0 Å². The average molecular weight is 356 g/mol. The smallest absolute Gasteiger partial charge is 0.338 e. The van der Waals surface area contributed by atoms with E-state index >= 15 is 0 Å². The molecular weight excluding hydrogens is 333 g/mol. The van der Waals surface area contributed by atoms with E-state index in [1.165, 1.54) is 0 Å². The zero-order valence-electron chi connectivity index (χ0n) is 14.6. The number of aromatic nitrogens is 5. The lowest BCUT2D eigenvalue weighted by molar-refractivity contribution is -0.141. The van der Waals surface area contributed by atoms with Crippen LogP contribution in [-0.2, 0) is 18.3 Å². The van der Waals surface area contributed by atoms with Crippen LogP contribution in [0.1, 0.15) is 56.9 Å². The predicted molar refractivity (Wildman–Crippen MR) is 85.9 cm³/mol. The topological polar surface area (TPSA) is 62.6 Å². The summed E-state index contributed by atoms with van der Waals surface area (Å²) >= 11 is 0. The first-order valence-corrected chi connectivity index (χ1v) is 8.38. The van der Waals surface area contributed by atoms with Crippen LogP contribution in [0.5, 0.6) is 0 Å². The van der Waals surface area contributed by atoms with Crippen LogP contribution < -0.4 is 0 Å². The normalized spacial score (nSPS) is 20.2. The van der Waals surface area contributed by atoms with Crippen molar-refractivity contribution in [2.45, 2.75) is 57.8 Å². The van der Waals surface area contributed by atoms with Crippen LogP contribution in [0.25, 0.3) is 0 Å². The molecule has 1 aliphatic rings. The predicted octanol–water partition coefficient (Wildman–Crippen LogP) is 3.15. The largest absolute Gasteiger partial charge is 0.432 e. The number of imidazole rings is 1. The van der Waals surface area contributed by atoms with Crippen LogP contribution in [0, 0.1) is 0 Å². The van der Waals surface area contributed by atoms with Gasteiger partial charge >= 0.3 is 6.18 Å². The van der Waals surface area contributed by atoms with Gasteiger partial charge in [0.2, 0.25) is 0 Å². The third-order valence-electron chi connectivity index (χ3n) is 4.41. The Labute approximate surface area is 144 Å². The summed E-state index contributed by atoms with van der Waals surface area (Å²) in [4.78, 5) is 13.0. The number of alkyl halides is 3. The highest BCUT2D eigenvalue weighted by Gasteiger charge is 2.34. The minimum atomic E-state index is -4.39. The monoisotopic (exact) mass is 356 g/mol. The number of piperidine rings is 1. The summed E-state index contributed by atoms with van der Waals surface area (Å²) in [5, 5.41) is 4.30. The number of nitrogens with one attached hydrogen (secondary N) is 1. The number of aromatic amines is 1. The Morgan fingerprint density at radius 2 is 2.00 bits per heavy atom. The van der Waals surface area contributed by atoms with Gasteiger partial charge in [0.25, 0.3) is 0 Å². The standard InChI is InChI=1S/C16H23F3N6/c1-15(2,3)25-13(21-10-22-25)9-24-6-4-5-11(8-24)14-20-7-12(23-14)16(17,18)19/h7,10-11H,4-6,8-9H2,1-3H3,(H,20,23)/t11-/m0/s1. The lowest BCUT2D eigenvalue weighted by Gasteiger charge is -2.32. The molecule has 1 fully saturated rings. The minimum Gasteiger partial charge on any atom is -0.338 e. The van der Waals surface area contributed by atoms with E-state index in [0.29, 0.717) is 18.9 Å². The Kier molecular flexibility index (Phi) is 4.61. The van der Waals surface area contributed by atoms with Crippen molar-refractivity contribution in [2.75, 3.05) is 13.1 Å². The van der Waals surface area contributed by atoms with E-state index in [-0.39, 0.29) is 11.5 Å². The fraction of sp³-hybridized carbons (Fsp3) is 0.688. The van der Waals surface area contributed by atoms with E-state index in [4.69, 9.17) is 0 Å². The lowest BCUT2D eigenvalue weighted by Crippen LogP contribution is -2.36. The van der Waals surface area contributed by atoms with Gasteiger partial charge in [-0.3, -0.25) is 4.90 Å². The van der Waals surface area contributed by atoms with Crippen molar-refractivity contribution in [2.24, 2.45) is 0 Å². The van der Waals surface area contributed by atoms with Crippen molar-refractivity contribution in [3.63, 3.8) is 0 Å². The summed E-state index contributed by atoms with van der Waals surface area (Å²) in [6, 6.07) is 0. The first kappa shape index (κ1) is 17.9. The molecule has 0 aliphatic carbocycles. The number of hydrogen-bond donors (Lipinski definition) is 1. The van der Waals surface area contributed by atoms with Gasteiger partial charge in [0.05, 0.1) is 18.3 Å². The van der Waals surface area contributed by atoms with E-state index in [0.717, 1.165) is 31.4 Å². The molecule has 2 aromatic rings. The summed E-state index contributed by atoms with van der Waals surface area (Å²) in [5.41, 5.74) is -0.948. The highest BCUT2D eigenvalue weighted by atomic mass is 19.4. The van der Waals surface area contributed by atoms with Crippen molar-refractivity contribution in [1.82, 2.24) is 29.6 Å². The van der Waals surface area contributed by atoms with E-state index in [9.17, 15) is 13.2 Å². The third-order valence-corrected chi connectivity index (χ3v) is 4.41. The van der Waals surface area contributed by atoms with Crippen molar-refractivity contribution >= 4 is 0 Å². The molecule has 1 atom stereocenters. The summed E-state index contributed by atoms with van der Waals surface area (Å²) in [6.45, 7) is 8.35. The highest BCUT2D eigenvalue weighted by Crippen LogP contribution is 2.31. The molecule has 138 valence electrons. The lowest BCUT2D eigenvalue weighted by atomic mass is 9.97. The number of likely N-dealkylation sites (tertiary alicyclic amines) is 1. The average Bonchev–Trinajstić information content (AvgIpc) is 3.15. The van der Waals surface area contributed by atoms with E-state index in [1.807, 2.05) is 4.68 Å². The van der Waals surface area contributed by atoms with Gasteiger partial charge in [0, 0.05) is 12.5 Å². The number of halogens is 3. The Bertz CT molecular complexity index is 712. The molecule has 1 N–H and O–H groups in total. The van der Waals surface area contributed by atoms with Crippen LogP contribution in [-0.4, -0.2) is 42.7 Å². The molecular formula is C16H23F3N6. The molecule has 2 aromatic heterocycles. The van der Waals surface area contributed by atoms with Crippen molar-refractivity contribution in [3.05, 3.63) is 29.9 Å². The van der Waals surface area contributed by atoms with Crippen LogP contribution in [0.2, 0.25) is 0 Å². The van der Waals surface area contributed by atoms with Crippen LogP contribution >= 0.6 is 0 Å². The summed E-state index contributed by atoms with van der Waals surface area (Å²) < 4.78 is 40.2. The number of hydrogen-bond acceptors (Lipinski definition) is 4. The Morgan fingerprint density at radius 1 is 1.24 bits per heavy atom. The van der Waals surface area contributed by atoms with Gasteiger partial charge in [0.15, 0.2) is 0 Å². The molecule has 0 amide bonds. The minimum absolute atomic E-state index is 0.0316. The number of nitrogens with zero attached hydrogens (tertiary/aromatic N) is 5. The molecule has 3 heterocycles. The van der Waals surface area contributed by atoms with Crippen LogP contribution in [0.15, 0.2) is 12.5 Å². The van der Waals surface area contributed by atoms with Gasteiger partial charge < -0.3 is 4.98 Å². The maximum Gasteiger partial charge on any atom is 0.432 e. The molecule has 3 rings (SSSR count). The fourth-order valence-corrected chi connectivity index (χ4v) is 3.24. The van der Waals surface area contributed by atoms with Crippen molar-refractivity contribution < 1.29 is 13.2 Å². The molecule has 0 aromatic carbocycles. The maximum absolute atomic E-state index is 12.8. The molecule has 0 bridgehead atoms. The SMILES string of the molecule is CC(C)(C)n1ncnc1CN1CCC[C@H](c2ncc(C(F)(F)F)[nH]2)C1.